The van der Waals surface area contributed by atoms with Crippen LogP contribution in [0.4, 0.5) is 0 Å². The average Bonchev–Trinajstić information content (AvgIpc) is 3.11. The van der Waals surface area contributed by atoms with Crippen LogP contribution in [0.25, 0.3) is 0 Å². The Morgan fingerprint density at radius 1 is 0.586 bits per heavy atom. The van der Waals surface area contributed by atoms with Gasteiger partial charge in [0.05, 0.1) is 13.1 Å². The van der Waals surface area contributed by atoms with E-state index in [4.69, 9.17) is 0 Å². The number of aryl methyl sites for hydroxylation is 2. The molecule has 1 aromatic heterocycles. The number of nitrogens with zero attached hydrogens (tertiary/aromatic N) is 2. The lowest BCUT2D eigenvalue weighted by Crippen LogP contribution is -2.37. The van der Waals surface area contributed by atoms with Crippen LogP contribution >= 0.6 is 0 Å². The summed E-state index contributed by atoms with van der Waals surface area (Å²) in [7, 11) is 0. The van der Waals surface area contributed by atoms with Crippen molar-refractivity contribution in [3.63, 3.8) is 0 Å². The van der Waals surface area contributed by atoms with E-state index in [0.29, 0.717) is 0 Å². The van der Waals surface area contributed by atoms with E-state index in [1.807, 2.05) is 0 Å². The maximum atomic E-state index is 2.59. The Kier molecular flexibility index (Phi) is 17.4. The van der Waals surface area contributed by atoms with E-state index in [1.165, 1.54) is 135 Å². The quantitative estimate of drug-likeness (QED) is 0.143. The second kappa shape index (κ2) is 19.2. The van der Waals surface area contributed by atoms with Crippen molar-refractivity contribution in [2.24, 2.45) is 0 Å². The third kappa shape index (κ3) is 13.2. The van der Waals surface area contributed by atoms with Crippen molar-refractivity contribution in [3.05, 3.63) is 18.2 Å². The van der Waals surface area contributed by atoms with Gasteiger partial charge in [0.25, 0.3) is 5.82 Å². The maximum absolute atomic E-state index is 2.59. The smallest absolute Gasteiger partial charge is 0.234 e. The Labute approximate surface area is 183 Å². The van der Waals surface area contributed by atoms with E-state index in [-0.39, 0.29) is 0 Å². The van der Waals surface area contributed by atoms with Crippen LogP contribution in [0.1, 0.15) is 142 Å². The molecule has 0 aliphatic rings. The van der Waals surface area contributed by atoms with Gasteiger partial charge in [-0.05, 0) is 32.1 Å². The first kappa shape index (κ1) is 26.2. The Bertz CT molecular complexity index is 463. The van der Waals surface area contributed by atoms with Crippen molar-refractivity contribution >= 4 is 0 Å². The fraction of sp³-hybridized carbons (Fsp3) is 0.889. The fourth-order valence-corrected chi connectivity index (χ4v) is 4.38. The Morgan fingerprint density at radius 2 is 1.07 bits per heavy atom. The van der Waals surface area contributed by atoms with E-state index < -0.39 is 0 Å². The zero-order valence-corrected chi connectivity index (χ0v) is 20.4. The predicted octanol–water partition coefficient (Wildman–Crippen LogP) is 8.40. The molecule has 1 aromatic rings. The fourth-order valence-electron chi connectivity index (χ4n) is 4.38. The van der Waals surface area contributed by atoms with Gasteiger partial charge >= 0.3 is 0 Å². The van der Waals surface area contributed by atoms with Gasteiger partial charge in [0, 0.05) is 6.42 Å². The van der Waals surface area contributed by atoms with Crippen molar-refractivity contribution in [2.45, 2.75) is 156 Å². The highest BCUT2D eigenvalue weighted by Crippen LogP contribution is 2.12. The molecule has 0 aromatic carbocycles. The SMILES string of the molecule is CCCCCCCCCC[n+]1ccn(CCCCCC)c1CCCCCCCC. The minimum absolute atomic E-state index is 1.22. The Morgan fingerprint density at radius 3 is 1.66 bits per heavy atom. The lowest BCUT2D eigenvalue weighted by molar-refractivity contribution is -0.704. The highest BCUT2D eigenvalue weighted by atomic mass is 15.1. The maximum Gasteiger partial charge on any atom is 0.256 e. The molecule has 0 N–H and O–H groups in total. The zero-order chi connectivity index (χ0) is 21.0. The van der Waals surface area contributed by atoms with Crippen LogP contribution in [0.5, 0.6) is 0 Å². The number of unbranched alkanes of at least 4 members (excludes halogenated alkanes) is 15. The Hall–Kier alpha value is -0.790. The summed E-state index contributed by atoms with van der Waals surface area (Å²) < 4.78 is 5.16. The first-order valence-corrected chi connectivity index (χ1v) is 13.4. The highest BCUT2D eigenvalue weighted by Gasteiger charge is 2.16. The lowest BCUT2D eigenvalue weighted by atomic mass is 10.1. The average molecular weight is 406 g/mol. The van der Waals surface area contributed by atoms with Gasteiger partial charge in [-0.3, -0.25) is 0 Å². The summed E-state index contributed by atoms with van der Waals surface area (Å²) in [5.74, 6) is 1.60. The molecule has 0 saturated heterocycles. The minimum atomic E-state index is 1.22. The summed E-state index contributed by atoms with van der Waals surface area (Å²) in [6, 6.07) is 0. The molecule has 1 rings (SSSR count). The summed E-state index contributed by atoms with van der Waals surface area (Å²) in [4.78, 5) is 0. The lowest BCUT2D eigenvalue weighted by Gasteiger charge is -2.07. The summed E-state index contributed by atoms with van der Waals surface area (Å²) >= 11 is 0. The van der Waals surface area contributed by atoms with E-state index >= 15 is 0 Å². The molecule has 0 fully saturated rings. The molecule has 0 aliphatic carbocycles. The predicted molar refractivity (Wildman–Crippen MR) is 128 cm³/mol. The van der Waals surface area contributed by atoms with Crippen molar-refractivity contribution in [3.8, 4) is 0 Å². The second-order valence-electron chi connectivity index (χ2n) is 9.15. The van der Waals surface area contributed by atoms with Crippen LogP contribution in [0.2, 0.25) is 0 Å². The molecule has 0 saturated carbocycles. The van der Waals surface area contributed by atoms with Crippen LogP contribution in [0, 0.1) is 0 Å². The van der Waals surface area contributed by atoms with Crippen LogP contribution in [-0.4, -0.2) is 4.57 Å². The standard InChI is InChI=1S/C27H53N2/c1-4-7-10-13-15-16-18-21-24-29-26-25-28(23-20-12-9-6-3)27(29)22-19-17-14-11-8-5-2/h25-26H,4-24H2,1-3H3/q+1. The summed E-state index contributed by atoms with van der Waals surface area (Å²) in [6.45, 7) is 9.35. The van der Waals surface area contributed by atoms with Crippen molar-refractivity contribution in [1.29, 1.82) is 0 Å². The first-order chi connectivity index (χ1) is 14.3. The number of imidazole rings is 1. The monoisotopic (exact) mass is 405 g/mol. The molecule has 0 bridgehead atoms. The highest BCUT2D eigenvalue weighted by molar-refractivity contribution is 4.84. The van der Waals surface area contributed by atoms with E-state index in [1.54, 1.807) is 5.82 Å². The van der Waals surface area contributed by atoms with E-state index in [2.05, 4.69) is 42.3 Å². The van der Waals surface area contributed by atoms with Gasteiger partial charge in [-0.2, -0.15) is 0 Å². The first-order valence-electron chi connectivity index (χ1n) is 13.4. The molecular weight excluding hydrogens is 352 g/mol. The third-order valence-corrected chi connectivity index (χ3v) is 6.35. The van der Waals surface area contributed by atoms with Crippen molar-refractivity contribution in [2.75, 3.05) is 0 Å². The molecule has 29 heavy (non-hydrogen) atoms. The zero-order valence-electron chi connectivity index (χ0n) is 20.4. The largest absolute Gasteiger partial charge is 0.256 e. The molecule has 0 radical (unpaired) electrons. The van der Waals surface area contributed by atoms with Crippen LogP contribution in [0.15, 0.2) is 12.4 Å². The summed E-state index contributed by atoms with van der Waals surface area (Å²) in [5, 5.41) is 0. The number of hydrogen-bond acceptors (Lipinski definition) is 0. The molecule has 0 amide bonds. The summed E-state index contributed by atoms with van der Waals surface area (Å²) in [5.41, 5.74) is 0. The molecular formula is C27H53N2+. The molecule has 2 nitrogen and oxygen atoms in total. The van der Waals surface area contributed by atoms with Crippen LogP contribution in [0.3, 0.4) is 0 Å². The van der Waals surface area contributed by atoms with Crippen LogP contribution < -0.4 is 4.57 Å². The topological polar surface area (TPSA) is 8.81 Å². The van der Waals surface area contributed by atoms with E-state index in [9.17, 15) is 0 Å². The summed E-state index contributed by atoms with van der Waals surface area (Å²) in [6.07, 6.45) is 31.1. The van der Waals surface area contributed by atoms with Gasteiger partial charge in [0.15, 0.2) is 0 Å². The van der Waals surface area contributed by atoms with E-state index in [0.717, 1.165) is 0 Å². The van der Waals surface area contributed by atoms with Crippen molar-refractivity contribution in [1.82, 2.24) is 4.57 Å². The van der Waals surface area contributed by atoms with Gasteiger partial charge in [0.1, 0.15) is 12.4 Å². The number of aromatic nitrogens is 2. The molecule has 1 heterocycles. The van der Waals surface area contributed by atoms with Gasteiger partial charge in [-0.25, -0.2) is 9.13 Å². The molecule has 170 valence electrons. The normalized spacial score (nSPS) is 11.4. The van der Waals surface area contributed by atoms with Gasteiger partial charge in [0.2, 0.25) is 0 Å². The van der Waals surface area contributed by atoms with Gasteiger partial charge < -0.3 is 0 Å². The Balaban J connectivity index is 2.39. The van der Waals surface area contributed by atoms with Gasteiger partial charge in [-0.1, -0.05) is 104 Å². The third-order valence-electron chi connectivity index (χ3n) is 6.35. The minimum Gasteiger partial charge on any atom is -0.234 e. The second-order valence-corrected chi connectivity index (χ2v) is 9.15. The van der Waals surface area contributed by atoms with Crippen LogP contribution in [-0.2, 0) is 19.5 Å². The van der Waals surface area contributed by atoms with Crippen molar-refractivity contribution < 1.29 is 4.57 Å². The number of hydrogen-bond donors (Lipinski definition) is 0. The molecule has 0 spiro atoms. The molecule has 0 aliphatic heterocycles. The molecule has 0 unspecified atom stereocenters. The number of rotatable bonds is 21. The molecule has 0 atom stereocenters. The molecule has 2 heteroatoms. The van der Waals surface area contributed by atoms with Gasteiger partial charge in [-0.15, -0.1) is 0 Å².